The van der Waals surface area contributed by atoms with Gasteiger partial charge in [-0.3, -0.25) is 9.78 Å². The number of halogens is 1. The quantitative estimate of drug-likeness (QED) is 0.506. The average Bonchev–Trinajstić information content (AvgIpc) is 3.09. The number of benzene rings is 1. The van der Waals surface area contributed by atoms with Gasteiger partial charge in [-0.25, -0.2) is 4.39 Å². The lowest BCUT2D eigenvalue weighted by atomic mass is 9.84. The third-order valence-electron chi connectivity index (χ3n) is 4.08. The molecule has 0 saturated carbocycles. The Morgan fingerprint density at radius 3 is 2.58 bits per heavy atom. The van der Waals surface area contributed by atoms with Crippen LogP contribution in [-0.2, 0) is 0 Å². The number of aliphatic hydroxyl groups excluding tert-OH is 1. The highest BCUT2D eigenvalue weighted by molar-refractivity contribution is 7.14. The summed E-state index contributed by atoms with van der Waals surface area (Å²) in [5.74, 6) is -2.24. The molecule has 0 aliphatic carbocycles. The lowest BCUT2D eigenvalue weighted by Gasteiger charge is -2.23. The minimum absolute atomic E-state index is 0.00192. The minimum atomic E-state index is -1.30. The number of aliphatic hydroxyl groups is 1. The first-order valence-corrected chi connectivity index (χ1v) is 8.82. The summed E-state index contributed by atoms with van der Waals surface area (Å²) in [7, 11) is 0. The summed E-state index contributed by atoms with van der Waals surface area (Å²) in [4.78, 5) is 18.4. The molecule has 0 aliphatic heterocycles. The number of nitrogens with zero attached hydrogens (tertiary/aromatic N) is 1. The molecule has 3 aromatic rings. The summed E-state index contributed by atoms with van der Waals surface area (Å²) < 4.78 is 14.2. The second-order valence-electron chi connectivity index (χ2n) is 5.88. The molecule has 26 heavy (non-hydrogen) atoms. The Balaban J connectivity index is 2.05. The standard InChI is InChI=1S/C20H17FN2O2S/c1-12-8-9-16(26-12)20(25)17(19(24)13-5-4-10-23-11-13)18(22)14-6-2-3-7-15(14)21/h2-11,17,19,22,24H,1H3. The number of nitrogens with one attached hydrogen (secondary N) is 1. The number of Topliss-reactive ketones (excluding diaryl/α,β-unsaturated/α-hetero) is 1. The molecular weight excluding hydrogens is 351 g/mol. The van der Waals surface area contributed by atoms with Crippen molar-refractivity contribution in [3.63, 3.8) is 0 Å². The fraction of sp³-hybridized carbons (Fsp3) is 0.150. The summed E-state index contributed by atoms with van der Waals surface area (Å²) >= 11 is 1.29. The minimum Gasteiger partial charge on any atom is -0.387 e. The van der Waals surface area contributed by atoms with Crippen LogP contribution in [0.2, 0.25) is 0 Å². The van der Waals surface area contributed by atoms with E-state index in [1.165, 1.54) is 35.7 Å². The maximum atomic E-state index is 14.2. The van der Waals surface area contributed by atoms with Gasteiger partial charge in [0.25, 0.3) is 0 Å². The Kier molecular flexibility index (Phi) is 5.35. The van der Waals surface area contributed by atoms with Crippen molar-refractivity contribution >= 4 is 22.8 Å². The van der Waals surface area contributed by atoms with Crippen LogP contribution in [-0.4, -0.2) is 21.6 Å². The van der Waals surface area contributed by atoms with Gasteiger partial charge in [0.1, 0.15) is 5.82 Å². The van der Waals surface area contributed by atoms with Gasteiger partial charge in [0.05, 0.1) is 22.6 Å². The molecule has 4 nitrogen and oxygen atoms in total. The van der Waals surface area contributed by atoms with E-state index in [-0.39, 0.29) is 11.3 Å². The van der Waals surface area contributed by atoms with Gasteiger partial charge in [0.15, 0.2) is 5.78 Å². The number of hydrogen-bond acceptors (Lipinski definition) is 5. The van der Waals surface area contributed by atoms with Crippen LogP contribution >= 0.6 is 11.3 Å². The third-order valence-corrected chi connectivity index (χ3v) is 5.10. The molecule has 6 heteroatoms. The Labute approximate surface area is 154 Å². The van der Waals surface area contributed by atoms with Gasteiger partial charge in [0, 0.05) is 22.8 Å². The topological polar surface area (TPSA) is 74.0 Å². The molecule has 2 N–H and O–H groups in total. The second kappa shape index (κ2) is 7.68. The molecule has 0 aliphatic rings. The van der Waals surface area contributed by atoms with Crippen LogP contribution in [0.3, 0.4) is 0 Å². The number of aromatic nitrogens is 1. The average molecular weight is 368 g/mol. The highest BCUT2D eigenvalue weighted by Crippen LogP contribution is 2.31. The van der Waals surface area contributed by atoms with Crippen LogP contribution in [0, 0.1) is 24.1 Å². The molecule has 1 aromatic carbocycles. The Bertz CT molecular complexity index is 940. The predicted octanol–water partition coefficient (Wildman–Crippen LogP) is 4.19. The fourth-order valence-corrected chi connectivity index (χ4v) is 3.59. The number of pyridine rings is 1. The van der Waals surface area contributed by atoms with Crippen molar-refractivity contribution in [1.82, 2.24) is 4.98 Å². The second-order valence-corrected chi connectivity index (χ2v) is 7.16. The van der Waals surface area contributed by atoms with Gasteiger partial charge >= 0.3 is 0 Å². The Hall–Kier alpha value is -2.70. The van der Waals surface area contributed by atoms with Crippen LogP contribution in [0.4, 0.5) is 4.39 Å². The van der Waals surface area contributed by atoms with E-state index < -0.39 is 23.6 Å². The number of thiophene rings is 1. The molecule has 0 bridgehead atoms. The van der Waals surface area contributed by atoms with Gasteiger partial charge in [-0.05, 0) is 36.8 Å². The highest BCUT2D eigenvalue weighted by atomic mass is 32.1. The molecule has 2 unspecified atom stereocenters. The van der Waals surface area contributed by atoms with Gasteiger partial charge in [0.2, 0.25) is 0 Å². The van der Waals surface area contributed by atoms with Gasteiger partial charge < -0.3 is 10.5 Å². The third kappa shape index (κ3) is 3.61. The zero-order valence-electron chi connectivity index (χ0n) is 14.0. The van der Waals surface area contributed by atoms with E-state index in [4.69, 9.17) is 5.41 Å². The Morgan fingerprint density at radius 2 is 1.96 bits per heavy atom. The number of carbonyl (C=O) groups excluding carboxylic acids is 1. The summed E-state index contributed by atoms with van der Waals surface area (Å²) in [6.45, 7) is 1.87. The lowest BCUT2D eigenvalue weighted by molar-refractivity contribution is 0.0797. The monoisotopic (exact) mass is 368 g/mol. The van der Waals surface area contributed by atoms with E-state index in [9.17, 15) is 14.3 Å². The molecule has 0 spiro atoms. The summed E-state index contributed by atoms with van der Waals surface area (Å²) in [6.07, 6.45) is 1.70. The molecule has 3 rings (SSSR count). The maximum Gasteiger partial charge on any atom is 0.184 e. The van der Waals surface area contributed by atoms with Crippen LogP contribution in [0.15, 0.2) is 60.9 Å². The molecule has 132 valence electrons. The summed E-state index contributed by atoms with van der Waals surface area (Å²) in [5, 5.41) is 19.3. The van der Waals surface area contributed by atoms with Crippen molar-refractivity contribution in [2.75, 3.05) is 0 Å². The summed E-state index contributed by atoms with van der Waals surface area (Å²) in [5.41, 5.74) is 0.151. The lowest BCUT2D eigenvalue weighted by Crippen LogP contribution is -2.31. The van der Waals surface area contributed by atoms with Crippen molar-refractivity contribution in [2.45, 2.75) is 13.0 Å². The maximum absolute atomic E-state index is 14.2. The van der Waals surface area contributed by atoms with Crippen molar-refractivity contribution in [3.05, 3.63) is 87.6 Å². The van der Waals surface area contributed by atoms with E-state index in [0.29, 0.717) is 10.4 Å². The van der Waals surface area contributed by atoms with Gasteiger partial charge in [-0.2, -0.15) is 0 Å². The van der Waals surface area contributed by atoms with Gasteiger partial charge in [-0.1, -0.05) is 24.3 Å². The zero-order valence-corrected chi connectivity index (χ0v) is 14.8. The molecule has 0 amide bonds. The molecular formula is C20H17FN2O2S. The van der Waals surface area contributed by atoms with Crippen molar-refractivity contribution in [2.24, 2.45) is 5.92 Å². The van der Waals surface area contributed by atoms with E-state index in [0.717, 1.165) is 4.88 Å². The van der Waals surface area contributed by atoms with Crippen LogP contribution in [0.25, 0.3) is 0 Å². The molecule has 2 aromatic heterocycles. The smallest absolute Gasteiger partial charge is 0.184 e. The molecule has 2 atom stereocenters. The fourth-order valence-electron chi connectivity index (χ4n) is 2.74. The largest absolute Gasteiger partial charge is 0.387 e. The van der Waals surface area contributed by atoms with Gasteiger partial charge in [-0.15, -0.1) is 11.3 Å². The SMILES string of the molecule is Cc1ccc(C(=O)C(C(=N)c2ccccc2F)C(O)c2cccnc2)s1. The van der Waals surface area contributed by atoms with Crippen LogP contribution in [0.5, 0.6) is 0 Å². The first-order chi connectivity index (χ1) is 12.5. The molecule has 2 heterocycles. The van der Waals surface area contributed by atoms with Crippen LogP contribution in [0.1, 0.15) is 31.8 Å². The van der Waals surface area contributed by atoms with E-state index in [1.54, 1.807) is 36.5 Å². The molecule has 0 saturated heterocycles. The first kappa shape index (κ1) is 18.1. The van der Waals surface area contributed by atoms with Crippen LogP contribution < -0.4 is 0 Å². The number of aryl methyl sites for hydroxylation is 1. The van der Waals surface area contributed by atoms with E-state index in [2.05, 4.69) is 4.98 Å². The number of hydrogen-bond donors (Lipinski definition) is 2. The zero-order chi connectivity index (χ0) is 18.7. The predicted molar refractivity (Wildman–Crippen MR) is 99.3 cm³/mol. The van der Waals surface area contributed by atoms with E-state index >= 15 is 0 Å². The first-order valence-electron chi connectivity index (χ1n) is 8.01. The van der Waals surface area contributed by atoms with Crippen molar-refractivity contribution < 1.29 is 14.3 Å². The molecule has 0 fully saturated rings. The highest BCUT2D eigenvalue weighted by Gasteiger charge is 2.35. The normalized spacial score (nSPS) is 13.2. The molecule has 0 radical (unpaired) electrons. The van der Waals surface area contributed by atoms with E-state index in [1.807, 2.05) is 6.92 Å². The summed E-state index contributed by atoms with van der Waals surface area (Å²) in [6, 6.07) is 12.5. The Morgan fingerprint density at radius 1 is 1.19 bits per heavy atom. The van der Waals surface area contributed by atoms with Crippen molar-refractivity contribution in [1.29, 1.82) is 5.41 Å². The van der Waals surface area contributed by atoms with Crippen molar-refractivity contribution in [3.8, 4) is 0 Å². The number of ketones is 1. The number of rotatable bonds is 6. The number of carbonyl (C=O) groups is 1.